The molecule has 0 amide bonds. The molecule has 2 atom stereocenters. The summed E-state index contributed by atoms with van der Waals surface area (Å²) in [5.41, 5.74) is -0.229. The molecule has 2 rings (SSSR count). The molecule has 114 valence electrons. The van der Waals surface area contributed by atoms with E-state index in [1.54, 1.807) is 6.92 Å². The molecule has 1 saturated heterocycles. The topological polar surface area (TPSA) is 118 Å². The fraction of sp³-hybridized carbons (Fsp3) is 0.364. The number of aliphatic carboxylic acids is 1. The normalized spacial score (nSPS) is 23.1. The molecular formula is C11H12N2O6S2. The predicted molar refractivity (Wildman–Crippen MR) is 75.5 cm³/mol. The van der Waals surface area contributed by atoms with Crippen LogP contribution in [-0.4, -0.2) is 45.9 Å². The van der Waals surface area contributed by atoms with Crippen molar-refractivity contribution in [1.29, 1.82) is 0 Å². The Morgan fingerprint density at radius 3 is 2.48 bits per heavy atom. The zero-order chi connectivity index (χ0) is 15.8. The van der Waals surface area contributed by atoms with Gasteiger partial charge in [0.1, 0.15) is 6.04 Å². The van der Waals surface area contributed by atoms with Gasteiger partial charge >= 0.3 is 5.97 Å². The van der Waals surface area contributed by atoms with E-state index in [2.05, 4.69) is 0 Å². The number of sulfonamides is 1. The van der Waals surface area contributed by atoms with Gasteiger partial charge in [-0.25, -0.2) is 8.42 Å². The molecule has 8 nitrogen and oxygen atoms in total. The lowest BCUT2D eigenvalue weighted by molar-refractivity contribution is -0.384. The van der Waals surface area contributed by atoms with Gasteiger partial charge in [0.2, 0.25) is 10.0 Å². The van der Waals surface area contributed by atoms with Gasteiger partial charge in [-0.05, 0) is 19.1 Å². The van der Waals surface area contributed by atoms with Crippen molar-refractivity contribution in [1.82, 2.24) is 4.31 Å². The maximum Gasteiger partial charge on any atom is 0.322 e. The molecule has 1 aliphatic heterocycles. The third-order valence-corrected chi connectivity index (χ3v) is 6.41. The number of nitro benzene ring substituents is 1. The van der Waals surface area contributed by atoms with E-state index in [1.165, 1.54) is 11.8 Å². The summed E-state index contributed by atoms with van der Waals surface area (Å²) < 4.78 is 26.0. The highest BCUT2D eigenvalue weighted by atomic mass is 32.2. The number of non-ortho nitro benzene ring substituents is 1. The van der Waals surface area contributed by atoms with E-state index in [1.807, 2.05) is 0 Å². The summed E-state index contributed by atoms with van der Waals surface area (Å²) in [6.07, 6.45) is 0. The standard InChI is InChI=1S/C11H12N2O6S2/c1-7-12(10(6-20-7)11(14)15)21(18,19)9-4-2-8(3-5-9)13(16)17/h2-5,7,10H,6H2,1H3,(H,14,15). The van der Waals surface area contributed by atoms with Crippen molar-refractivity contribution in [3.8, 4) is 0 Å². The average Bonchev–Trinajstić information content (AvgIpc) is 2.81. The summed E-state index contributed by atoms with van der Waals surface area (Å²) in [6.45, 7) is 1.61. The number of nitro groups is 1. The molecule has 1 heterocycles. The van der Waals surface area contributed by atoms with Crippen molar-refractivity contribution in [3.05, 3.63) is 34.4 Å². The van der Waals surface area contributed by atoms with Crippen LogP contribution >= 0.6 is 11.8 Å². The zero-order valence-corrected chi connectivity index (χ0v) is 12.5. The number of carboxylic acid groups (broad SMARTS) is 1. The molecular weight excluding hydrogens is 320 g/mol. The molecule has 1 aromatic carbocycles. The maximum absolute atomic E-state index is 12.5. The van der Waals surface area contributed by atoms with E-state index in [0.717, 1.165) is 28.6 Å². The molecule has 0 radical (unpaired) electrons. The third kappa shape index (κ3) is 2.87. The smallest absolute Gasteiger partial charge is 0.322 e. The van der Waals surface area contributed by atoms with Gasteiger partial charge in [0.25, 0.3) is 5.69 Å². The molecule has 0 aliphatic carbocycles. The van der Waals surface area contributed by atoms with Crippen LogP contribution in [0.1, 0.15) is 6.92 Å². The molecule has 0 saturated carbocycles. The molecule has 1 N–H and O–H groups in total. The van der Waals surface area contributed by atoms with Crippen LogP contribution in [0.4, 0.5) is 5.69 Å². The maximum atomic E-state index is 12.5. The van der Waals surface area contributed by atoms with Gasteiger partial charge in [-0.1, -0.05) is 0 Å². The lowest BCUT2D eigenvalue weighted by atomic mass is 10.3. The summed E-state index contributed by atoms with van der Waals surface area (Å²) in [5, 5.41) is 19.2. The highest BCUT2D eigenvalue weighted by Gasteiger charge is 2.44. The molecule has 1 aliphatic rings. The van der Waals surface area contributed by atoms with Gasteiger partial charge in [0.15, 0.2) is 0 Å². The number of nitrogens with zero attached hydrogens (tertiary/aromatic N) is 2. The van der Waals surface area contributed by atoms with E-state index in [0.29, 0.717) is 0 Å². The van der Waals surface area contributed by atoms with Crippen molar-refractivity contribution in [2.24, 2.45) is 0 Å². The second-order valence-corrected chi connectivity index (χ2v) is 7.56. The van der Waals surface area contributed by atoms with Crippen molar-refractivity contribution in [2.45, 2.75) is 23.2 Å². The quantitative estimate of drug-likeness (QED) is 0.648. The van der Waals surface area contributed by atoms with Crippen LogP contribution < -0.4 is 0 Å². The monoisotopic (exact) mass is 332 g/mol. The summed E-state index contributed by atoms with van der Waals surface area (Å²) in [6, 6.07) is 3.25. The lowest BCUT2D eigenvalue weighted by Gasteiger charge is -2.24. The van der Waals surface area contributed by atoms with Crippen LogP contribution in [0.15, 0.2) is 29.2 Å². The van der Waals surface area contributed by atoms with E-state index < -0.39 is 32.3 Å². The molecule has 10 heteroatoms. The highest BCUT2D eigenvalue weighted by Crippen LogP contribution is 2.34. The van der Waals surface area contributed by atoms with Crippen LogP contribution in [0.2, 0.25) is 0 Å². The third-order valence-electron chi connectivity index (χ3n) is 3.07. The van der Waals surface area contributed by atoms with Crippen molar-refractivity contribution in [3.63, 3.8) is 0 Å². The van der Waals surface area contributed by atoms with Crippen LogP contribution in [0, 0.1) is 10.1 Å². The van der Waals surface area contributed by atoms with E-state index >= 15 is 0 Å². The fourth-order valence-corrected chi connectivity index (χ4v) is 5.32. The Kier molecular flexibility index (Phi) is 4.21. The highest BCUT2D eigenvalue weighted by molar-refractivity contribution is 8.01. The second-order valence-electron chi connectivity index (χ2n) is 4.37. The largest absolute Gasteiger partial charge is 0.480 e. The van der Waals surface area contributed by atoms with Gasteiger partial charge in [-0.2, -0.15) is 4.31 Å². The number of thioether (sulfide) groups is 1. The summed E-state index contributed by atoms with van der Waals surface area (Å²) >= 11 is 1.23. The number of carboxylic acids is 1. The van der Waals surface area contributed by atoms with Gasteiger partial charge < -0.3 is 5.11 Å². The lowest BCUT2D eigenvalue weighted by Crippen LogP contribution is -2.44. The van der Waals surface area contributed by atoms with Crippen LogP contribution in [0.25, 0.3) is 0 Å². The summed E-state index contributed by atoms with van der Waals surface area (Å²) in [4.78, 5) is 21.0. The van der Waals surface area contributed by atoms with E-state index in [9.17, 15) is 23.3 Å². The van der Waals surface area contributed by atoms with Gasteiger partial charge in [0, 0.05) is 17.9 Å². The van der Waals surface area contributed by atoms with Gasteiger partial charge in [-0.15, -0.1) is 11.8 Å². The molecule has 0 aromatic heterocycles. The summed E-state index contributed by atoms with van der Waals surface area (Å²) in [7, 11) is -4.02. The number of carbonyl (C=O) groups is 1. The fourth-order valence-electron chi connectivity index (χ4n) is 2.04. The average molecular weight is 332 g/mol. The molecule has 0 spiro atoms. The minimum absolute atomic E-state index is 0.159. The van der Waals surface area contributed by atoms with Crippen LogP contribution in [0.3, 0.4) is 0 Å². The Bertz CT molecular complexity index is 672. The summed E-state index contributed by atoms with van der Waals surface area (Å²) in [5.74, 6) is -1.04. The van der Waals surface area contributed by atoms with Crippen LogP contribution in [0.5, 0.6) is 0 Å². The van der Waals surface area contributed by atoms with Crippen molar-refractivity contribution < 1.29 is 23.2 Å². The Morgan fingerprint density at radius 2 is 2.00 bits per heavy atom. The van der Waals surface area contributed by atoms with Gasteiger partial charge in [0.05, 0.1) is 15.2 Å². The second kappa shape index (κ2) is 5.62. The first-order chi connectivity index (χ1) is 9.75. The minimum Gasteiger partial charge on any atom is -0.480 e. The van der Waals surface area contributed by atoms with Crippen molar-refractivity contribution in [2.75, 3.05) is 5.75 Å². The van der Waals surface area contributed by atoms with Crippen LogP contribution in [-0.2, 0) is 14.8 Å². The number of hydrogen-bond donors (Lipinski definition) is 1. The first-order valence-electron chi connectivity index (χ1n) is 5.87. The SMILES string of the molecule is CC1SCC(C(=O)O)N1S(=O)(=O)c1ccc([N+](=O)[O-])cc1. The molecule has 2 unspecified atom stereocenters. The minimum atomic E-state index is -4.02. The number of rotatable bonds is 4. The molecule has 21 heavy (non-hydrogen) atoms. The zero-order valence-electron chi connectivity index (χ0n) is 10.9. The van der Waals surface area contributed by atoms with Crippen molar-refractivity contribution >= 4 is 33.4 Å². The number of benzene rings is 1. The Morgan fingerprint density at radius 1 is 1.43 bits per heavy atom. The predicted octanol–water partition coefficient (Wildman–Crippen LogP) is 1.13. The molecule has 1 aromatic rings. The first-order valence-corrected chi connectivity index (χ1v) is 8.36. The first kappa shape index (κ1) is 15.7. The Labute approximate surface area is 125 Å². The van der Waals surface area contributed by atoms with E-state index in [-0.39, 0.29) is 16.3 Å². The van der Waals surface area contributed by atoms with Gasteiger partial charge in [-0.3, -0.25) is 14.9 Å². The Balaban J connectivity index is 2.40. The Hall–Kier alpha value is -1.65. The molecule has 0 bridgehead atoms. The number of hydrogen-bond acceptors (Lipinski definition) is 6. The molecule has 1 fully saturated rings. The van der Waals surface area contributed by atoms with E-state index in [4.69, 9.17) is 5.11 Å².